The van der Waals surface area contributed by atoms with Crippen LogP contribution in [-0.4, -0.2) is 16.5 Å². The average molecular weight is 277 g/mol. The highest BCUT2D eigenvalue weighted by Crippen LogP contribution is 2.25. The van der Waals surface area contributed by atoms with Crippen molar-refractivity contribution in [1.82, 2.24) is 0 Å². The van der Waals surface area contributed by atoms with Crippen LogP contribution in [0.25, 0.3) is 0 Å². The smallest absolute Gasteiger partial charge is 0.169 e. The van der Waals surface area contributed by atoms with Crippen LogP contribution in [-0.2, 0) is 11.2 Å². The van der Waals surface area contributed by atoms with Crippen LogP contribution in [0.3, 0.4) is 0 Å². The van der Waals surface area contributed by atoms with Crippen LogP contribution in [0.1, 0.15) is 25.1 Å². The minimum absolute atomic E-state index is 0.122. The van der Waals surface area contributed by atoms with E-state index in [0.29, 0.717) is 12.8 Å². The van der Waals surface area contributed by atoms with Gasteiger partial charge in [-0.15, -0.1) is 11.3 Å². The zero-order chi connectivity index (χ0) is 10.8. The first kappa shape index (κ1) is 11.9. The van der Waals surface area contributed by atoms with Gasteiger partial charge in [-0.1, -0.05) is 6.92 Å². The number of ketones is 1. The predicted octanol–water partition coefficient (Wildman–Crippen LogP) is 2.78. The number of hydrogen-bond donors (Lipinski definition) is 1. The topological polar surface area (TPSA) is 37.3 Å². The summed E-state index contributed by atoms with van der Waals surface area (Å²) >= 11 is 4.89. The molecule has 0 spiro atoms. The third kappa shape index (κ3) is 2.65. The first-order valence-electron chi connectivity index (χ1n) is 4.45. The lowest BCUT2D eigenvalue weighted by molar-refractivity contribution is -0.135. The zero-order valence-corrected chi connectivity index (χ0v) is 10.6. The SMILES string of the molecule is CCC(C)(O)C(=O)Cc1sccc1Br. The Morgan fingerprint density at radius 2 is 2.36 bits per heavy atom. The van der Waals surface area contributed by atoms with Crippen LogP contribution in [0.15, 0.2) is 15.9 Å². The molecule has 0 aliphatic carbocycles. The lowest BCUT2D eigenvalue weighted by atomic mass is 9.95. The number of hydrogen-bond acceptors (Lipinski definition) is 3. The van der Waals surface area contributed by atoms with Gasteiger partial charge < -0.3 is 5.11 Å². The number of Topliss-reactive ketones (excluding diaryl/α,β-unsaturated/α-hetero) is 1. The van der Waals surface area contributed by atoms with Crippen molar-refractivity contribution in [3.63, 3.8) is 0 Å². The first-order chi connectivity index (χ1) is 6.47. The Morgan fingerprint density at radius 1 is 1.71 bits per heavy atom. The summed E-state index contributed by atoms with van der Waals surface area (Å²) in [7, 11) is 0. The fourth-order valence-electron chi connectivity index (χ4n) is 0.985. The molecule has 0 aromatic carbocycles. The lowest BCUT2D eigenvalue weighted by Crippen LogP contribution is -2.35. The number of thiophene rings is 1. The van der Waals surface area contributed by atoms with E-state index < -0.39 is 5.60 Å². The Labute approximate surface area is 96.1 Å². The van der Waals surface area contributed by atoms with Gasteiger partial charge in [-0.25, -0.2) is 0 Å². The van der Waals surface area contributed by atoms with E-state index >= 15 is 0 Å². The molecule has 1 heterocycles. The highest BCUT2D eigenvalue weighted by molar-refractivity contribution is 9.10. The Kier molecular flexibility index (Phi) is 3.86. The fraction of sp³-hybridized carbons (Fsp3) is 0.500. The minimum atomic E-state index is -1.19. The van der Waals surface area contributed by atoms with Gasteiger partial charge in [0.05, 0.1) is 0 Å². The number of aliphatic hydroxyl groups is 1. The number of rotatable bonds is 4. The van der Waals surface area contributed by atoms with Crippen LogP contribution in [0.2, 0.25) is 0 Å². The molecule has 78 valence electrons. The fourth-order valence-corrected chi connectivity index (χ4v) is 2.48. The van der Waals surface area contributed by atoms with Gasteiger partial charge in [0.15, 0.2) is 5.78 Å². The van der Waals surface area contributed by atoms with Crippen molar-refractivity contribution >= 4 is 33.0 Å². The Balaban J connectivity index is 2.71. The summed E-state index contributed by atoms with van der Waals surface area (Å²) in [4.78, 5) is 12.6. The van der Waals surface area contributed by atoms with Crippen LogP contribution in [0, 0.1) is 0 Å². The molecule has 0 fully saturated rings. The summed E-state index contributed by atoms with van der Waals surface area (Å²) in [6.07, 6.45) is 0.758. The quantitative estimate of drug-likeness (QED) is 0.918. The van der Waals surface area contributed by atoms with Gasteiger partial charge >= 0.3 is 0 Å². The van der Waals surface area contributed by atoms with E-state index in [0.717, 1.165) is 9.35 Å². The zero-order valence-electron chi connectivity index (χ0n) is 8.21. The highest BCUT2D eigenvalue weighted by Gasteiger charge is 2.28. The van der Waals surface area contributed by atoms with E-state index in [4.69, 9.17) is 0 Å². The summed E-state index contributed by atoms with van der Waals surface area (Å²) in [6.45, 7) is 3.37. The summed E-state index contributed by atoms with van der Waals surface area (Å²) in [6, 6.07) is 1.91. The second kappa shape index (κ2) is 4.55. The van der Waals surface area contributed by atoms with Crippen molar-refractivity contribution in [3.8, 4) is 0 Å². The van der Waals surface area contributed by atoms with Crippen LogP contribution >= 0.6 is 27.3 Å². The maximum absolute atomic E-state index is 11.7. The number of halogens is 1. The molecule has 0 saturated heterocycles. The molecule has 0 aliphatic heterocycles. The Morgan fingerprint density at radius 3 is 2.79 bits per heavy atom. The first-order valence-corrected chi connectivity index (χ1v) is 6.12. The van der Waals surface area contributed by atoms with Crippen molar-refractivity contribution in [3.05, 3.63) is 20.8 Å². The van der Waals surface area contributed by atoms with Gasteiger partial charge in [0.2, 0.25) is 0 Å². The van der Waals surface area contributed by atoms with E-state index in [1.54, 1.807) is 13.8 Å². The molecule has 0 aliphatic rings. The van der Waals surface area contributed by atoms with Crippen molar-refractivity contribution in [2.75, 3.05) is 0 Å². The van der Waals surface area contributed by atoms with Crippen LogP contribution in [0.4, 0.5) is 0 Å². The number of carbonyl (C=O) groups is 1. The van der Waals surface area contributed by atoms with Gasteiger partial charge in [0.25, 0.3) is 0 Å². The van der Waals surface area contributed by atoms with Crippen LogP contribution < -0.4 is 0 Å². The molecular formula is C10H13BrO2S. The summed E-state index contributed by atoms with van der Waals surface area (Å²) in [5.41, 5.74) is -1.19. The third-order valence-electron chi connectivity index (χ3n) is 2.30. The maximum Gasteiger partial charge on any atom is 0.169 e. The summed E-state index contributed by atoms with van der Waals surface area (Å²) < 4.78 is 0.947. The lowest BCUT2D eigenvalue weighted by Gasteiger charge is -2.18. The second-order valence-electron chi connectivity index (χ2n) is 3.42. The second-order valence-corrected chi connectivity index (χ2v) is 5.27. The monoisotopic (exact) mass is 276 g/mol. The molecule has 0 bridgehead atoms. The normalized spacial score (nSPS) is 15.1. The third-order valence-corrected chi connectivity index (χ3v) is 4.23. The van der Waals surface area contributed by atoms with Crippen molar-refractivity contribution in [1.29, 1.82) is 0 Å². The molecule has 1 aromatic heterocycles. The van der Waals surface area contributed by atoms with Gasteiger partial charge in [-0.3, -0.25) is 4.79 Å². The van der Waals surface area contributed by atoms with Gasteiger partial charge in [0, 0.05) is 15.8 Å². The van der Waals surface area contributed by atoms with Crippen molar-refractivity contribution in [2.24, 2.45) is 0 Å². The maximum atomic E-state index is 11.7. The molecule has 1 unspecified atom stereocenters. The molecule has 1 N–H and O–H groups in total. The predicted molar refractivity (Wildman–Crippen MR) is 61.6 cm³/mol. The summed E-state index contributed by atoms with van der Waals surface area (Å²) in [5, 5.41) is 11.6. The van der Waals surface area contributed by atoms with E-state index in [-0.39, 0.29) is 5.78 Å². The summed E-state index contributed by atoms with van der Waals surface area (Å²) in [5.74, 6) is -0.122. The van der Waals surface area contributed by atoms with E-state index in [2.05, 4.69) is 15.9 Å². The number of carbonyl (C=O) groups excluding carboxylic acids is 1. The van der Waals surface area contributed by atoms with E-state index in [1.165, 1.54) is 11.3 Å². The van der Waals surface area contributed by atoms with Crippen molar-refractivity contribution < 1.29 is 9.90 Å². The standard InChI is InChI=1S/C10H13BrO2S/c1-3-10(2,13)9(12)6-8-7(11)4-5-14-8/h4-5,13H,3,6H2,1-2H3. The van der Waals surface area contributed by atoms with E-state index in [1.807, 2.05) is 11.4 Å². The molecule has 1 aromatic rings. The highest BCUT2D eigenvalue weighted by atomic mass is 79.9. The minimum Gasteiger partial charge on any atom is -0.382 e. The molecule has 14 heavy (non-hydrogen) atoms. The molecule has 0 radical (unpaired) electrons. The molecule has 1 atom stereocenters. The van der Waals surface area contributed by atoms with Gasteiger partial charge in [-0.2, -0.15) is 0 Å². The molecule has 0 saturated carbocycles. The Hall–Kier alpha value is -0.190. The molecular weight excluding hydrogens is 264 g/mol. The van der Waals surface area contributed by atoms with E-state index in [9.17, 15) is 9.90 Å². The van der Waals surface area contributed by atoms with Crippen molar-refractivity contribution in [2.45, 2.75) is 32.3 Å². The van der Waals surface area contributed by atoms with Gasteiger partial charge in [0.1, 0.15) is 5.60 Å². The average Bonchev–Trinajstić information content (AvgIpc) is 2.52. The molecule has 1 rings (SSSR count). The largest absolute Gasteiger partial charge is 0.382 e. The Bertz CT molecular complexity index is 331. The molecule has 2 nitrogen and oxygen atoms in total. The molecule has 4 heteroatoms. The van der Waals surface area contributed by atoms with Gasteiger partial charge in [-0.05, 0) is 40.7 Å². The van der Waals surface area contributed by atoms with Crippen LogP contribution in [0.5, 0.6) is 0 Å². The molecule has 0 amide bonds.